The Bertz CT molecular complexity index is 914. The van der Waals surface area contributed by atoms with Crippen LogP contribution in [0.2, 0.25) is 10.0 Å². The molecule has 0 aliphatic rings. The third-order valence-corrected chi connectivity index (χ3v) is 5.99. The van der Waals surface area contributed by atoms with Crippen LogP contribution >= 0.6 is 23.2 Å². The van der Waals surface area contributed by atoms with Crippen LogP contribution in [0, 0.1) is 0 Å². The molecular weight excluding hydrogens is 435 g/mol. The van der Waals surface area contributed by atoms with E-state index < -0.39 is 10.0 Å². The second kappa shape index (κ2) is 10.8. The molecule has 0 spiro atoms. The molecule has 0 radical (unpaired) electrons. The van der Waals surface area contributed by atoms with Gasteiger partial charge >= 0.3 is 0 Å². The maximum Gasteiger partial charge on any atom is 0.251 e. The van der Waals surface area contributed by atoms with Crippen molar-refractivity contribution in [3.63, 3.8) is 0 Å². The molecule has 158 valence electrons. The minimum absolute atomic E-state index is 0.0136. The molecular formula is C20H24Cl2N2O4S. The normalized spacial score (nSPS) is 11.3. The molecule has 1 amide bonds. The number of hydrogen-bond acceptors (Lipinski definition) is 4. The van der Waals surface area contributed by atoms with Crippen molar-refractivity contribution in [2.24, 2.45) is 0 Å². The summed E-state index contributed by atoms with van der Waals surface area (Å²) in [5.41, 5.74) is 1.36. The minimum Gasteiger partial charge on any atom is -0.382 e. The molecule has 0 fully saturated rings. The Hall–Kier alpha value is -1.80. The third kappa shape index (κ3) is 6.89. The lowest BCUT2D eigenvalue weighted by molar-refractivity contribution is 0.0944. The second-order valence-corrected chi connectivity index (χ2v) is 9.04. The van der Waals surface area contributed by atoms with Gasteiger partial charge in [0.05, 0.1) is 18.5 Å². The topological polar surface area (TPSA) is 75.7 Å². The van der Waals surface area contributed by atoms with Gasteiger partial charge in [0.2, 0.25) is 10.0 Å². The SMILES string of the molecule is CCOCCCNC(=O)c1ccc(N(Cc2c(Cl)cccc2Cl)S(C)(=O)=O)cc1. The summed E-state index contributed by atoms with van der Waals surface area (Å²) in [6.45, 7) is 3.64. The van der Waals surface area contributed by atoms with E-state index in [1.54, 1.807) is 42.5 Å². The number of benzene rings is 2. The number of carbonyl (C=O) groups is 1. The van der Waals surface area contributed by atoms with Crippen LogP contribution < -0.4 is 9.62 Å². The van der Waals surface area contributed by atoms with Crippen molar-refractivity contribution in [2.45, 2.75) is 19.9 Å². The summed E-state index contributed by atoms with van der Waals surface area (Å²) < 4.78 is 31.1. The lowest BCUT2D eigenvalue weighted by Crippen LogP contribution is -2.30. The highest BCUT2D eigenvalue weighted by molar-refractivity contribution is 7.92. The highest BCUT2D eigenvalue weighted by atomic mass is 35.5. The quantitative estimate of drug-likeness (QED) is 0.543. The second-order valence-electron chi connectivity index (χ2n) is 6.32. The van der Waals surface area contributed by atoms with Crippen molar-refractivity contribution >= 4 is 44.8 Å². The van der Waals surface area contributed by atoms with Crippen LogP contribution in [0.3, 0.4) is 0 Å². The molecule has 2 aromatic carbocycles. The molecule has 2 rings (SSSR count). The summed E-state index contributed by atoms with van der Waals surface area (Å²) in [6.07, 6.45) is 1.83. The van der Waals surface area contributed by atoms with E-state index in [2.05, 4.69) is 5.32 Å². The Labute approximate surface area is 181 Å². The van der Waals surface area contributed by atoms with Gasteiger partial charge in [-0.2, -0.15) is 0 Å². The predicted octanol–water partition coefficient (Wildman–Crippen LogP) is 4.12. The van der Waals surface area contributed by atoms with Gasteiger partial charge in [-0.3, -0.25) is 9.10 Å². The standard InChI is InChI=1S/C20H24Cl2N2O4S/c1-3-28-13-5-12-23-20(25)15-8-10-16(11-9-15)24(29(2,26)27)14-17-18(21)6-4-7-19(17)22/h4,6-11H,3,5,12-14H2,1-2H3,(H,23,25). The Morgan fingerprint density at radius 2 is 1.72 bits per heavy atom. The molecule has 0 heterocycles. The summed E-state index contributed by atoms with van der Waals surface area (Å²) in [5.74, 6) is -0.229. The van der Waals surface area contributed by atoms with Gasteiger partial charge in [0.25, 0.3) is 5.91 Å². The highest BCUT2D eigenvalue weighted by Gasteiger charge is 2.21. The van der Waals surface area contributed by atoms with Crippen LogP contribution in [0.25, 0.3) is 0 Å². The number of ether oxygens (including phenoxy) is 1. The van der Waals surface area contributed by atoms with E-state index in [1.165, 1.54) is 4.31 Å². The third-order valence-electron chi connectivity index (χ3n) is 4.14. The lowest BCUT2D eigenvalue weighted by Gasteiger charge is -2.23. The van der Waals surface area contributed by atoms with Crippen LogP contribution in [-0.2, 0) is 21.3 Å². The van der Waals surface area contributed by atoms with Gasteiger partial charge in [-0.1, -0.05) is 29.3 Å². The molecule has 0 saturated heterocycles. The molecule has 1 N–H and O–H groups in total. The van der Waals surface area contributed by atoms with E-state index in [4.69, 9.17) is 27.9 Å². The zero-order valence-corrected chi connectivity index (χ0v) is 18.6. The Balaban J connectivity index is 2.14. The monoisotopic (exact) mass is 458 g/mol. The van der Waals surface area contributed by atoms with Gasteiger partial charge in [-0.05, 0) is 49.7 Å². The molecule has 2 aromatic rings. The van der Waals surface area contributed by atoms with E-state index in [-0.39, 0.29) is 12.5 Å². The number of anilines is 1. The van der Waals surface area contributed by atoms with Gasteiger partial charge in [-0.25, -0.2) is 8.42 Å². The van der Waals surface area contributed by atoms with Gasteiger partial charge < -0.3 is 10.1 Å². The molecule has 0 aromatic heterocycles. The number of sulfonamides is 1. The van der Waals surface area contributed by atoms with Crippen LogP contribution in [0.1, 0.15) is 29.3 Å². The molecule has 9 heteroatoms. The number of nitrogens with one attached hydrogen (secondary N) is 1. The zero-order valence-electron chi connectivity index (χ0n) is 16.3. The van der Waals surface area contributed by atoms with Crippen molar-refractivity contribution in [3.8, 4) is 0 Å². The van der Waals surface area contributed by atoms with Gasteiger partial charge in [-0.15, -0.1) is 0 Å². The Morgan fingerprint density at radius 3 is 2.28 bits per heavy atom. The summed E-state index contributed by atoms with van der Waals surface area (Å²) in [7, 11) is -3.60. The fourth-order valence-electron chi connectivity index (χ4n) is 2.63. The number of carbonyl (C=O) groups excluding carboxylic acids is 1. The molecule has 0 atom stereocenters. The fourth-order valence-corrected chi connectivity index (χ4v) is 4.01. The molecule has 29 heavy (non-hydrogen) atoms. The zero-order chi connectivity index (χ0) is 21.4. The first-order valence-electron chi connectivity index (χ1n) is 9.10. The van der Waals surface area contributed by atoms with E-state index >= 15 is 0 Å². The molecule has 0 aliphatic carbocycles. The maximum absolute atomic E-state index is 12.4. The smallest absolute Gasteiger partial charge is 0.251 e. The van der Waals surface area contributed by atoms with Crippen molar-refractivity contribution in [1.29, 1.82) is 0 Å². The summed E-state index contributed by atoms with van der Waals surface area (Å²) in [6, 6.07) is 11.3. The fraction of sp³-hybridized carbons (Fsp3) is 0.350. The number of rotatable bonds is 10. The van der Waals surface area contributed by atoms with Gasteiger partial charge in [0.15, 0.2) is 0 Å². The number of amides is 1. The van der Waals surface area contributed by atoms with Crippen LogP contribution in [0.5, 0.6) is 0 Å². The van der Waals surface area contributed by atoms with Crippen LogP contribution in [0.4, 0.5) is 5.69 Å². The van der Waals surface area contributed by atoms with Crippen molar-refractivity contribution in [1.82, 2.24) is 5.32 Å². The van der Waals surface area contributed by atoms with E-state index in [9.17, 15) is 13.2 Å². The lowest BCUT2D eigenvalue weighted by atomic mass is 10.1. The highest BCUT2D eigenvalue weighted by Crippen LogP contribution is 2.29. The van der Waals surface area contributed by atoms with Crippen molar-refractivity contribution in [2.75, 3.05) is 30.3 Å². The number of nitrogens with zero attached hydrogens (tertiary/aromatic N) is 1. The number of hydrogen-bond donors (Lipinski definition) is 1. The largest absolute Gasteiger partial charge is 0.382 e. The molecule has 0 bridgehead atoms. The predicted molar refractivity (Wildman–Crippen MR) is 117 cm³/mol. The van der Waals surface area contributed by atoms with Crippen LogP contribution in [0.15, 0.2) is 42.5 Å². The summed E-state index contributed by atoms with van der Waals surface area (Å²) in [5, 5.41) is 3.57. The van der Waals surface area contributed by atoms with E-state index in [1.807, 2.05) is 6.92 Å². The van der Waals surface area contributed by atoms with Gasteiger partial charge in [0, 0.05) is 40.9 Å². The molecule has 6 nitrogen and oxygen atoms in total. The minimum atomic E-state index is -3.60. The Morgan fingerprint density at radius 1 is 1.10 bits per heavy atom. The average molecular weight is 459 g/mol. The molecule has 0 unspecified atom stereocenters. The first kappa shape index (κ1) is 23.5. The first-order chi connectivity index (χ1) is 13.7. The van der Waals surface area contributed by atoms with Crippen LogP contribution in [-0.4, -0.2) is 40.3 Å². The summed E-state index contributed by atoms with van der Waals surface area (Å²) in [4.78, 5) is 12.2. The molecule has 0 aliphatic heterocycles. The maximum atomic E-state index is 12.4. The number of halogens is 2. The van der Waals surface area contributed by atoms with Crippen molar-refractivity contribution in [3.05, 3.63) is 63.6 Å². The Kier molecular flexibility index (Phi) is 8.77. The first-order valence-corrected chi connectivity index (χ1v) is 11.7. The summed E-state index contributed by atoms with van der Waals surface area (Å²) >= 11 is 12.4. The van der Waals surface area contributed by atoms with E-state index in [0.717, 1.165) is 12.7 Å². The van der Waals surface area contributed by atoms with Gasteiger partial charge in [0.1, 0.15) is 0 Å². The molecule has 0 saturated carbocycles. The van der Waals surface area contributed by atoms with E-state index in [0.29, 0.717) is 46.6 Å². The van der Waals surface area contributed by atoms with Crippen molar-refractivity contribution < 1.29 is 17.9 Å². The average Bonchev–Trinajstić information content (AvgIpc) is 2.66.